The number of anilines is 1. The molecule has 0 aromatic heterocycles. The Kier molecular flexibility index (Phi) is 5.46. The summed E-state index contributed by atoms with van der Waals surface area (Å²) < 4.78 is 0.846. The van der Waals surface area contributed by atoms with E-state index in [2.05, 4.69) is 41.2 Å². The summed E-state index contributed by atoms with van der Waals surface area (Å²) in [7, 11) is 0. The summed E-state index contributed by atoms with van der Waals surface area (Å²) in [6.07, 6.45) is 0.906. The van der Waals surface area contributed by atoms with Crippen LogP contribution < -0.4 is 5.32 Å². The third-order valence-corrected chi connectivity index (χ3v) is 3.09. The molecule has 17 heavy (non-hydrogen) atoms. The molecule has 0 bridgehead atoms. The molecular weight excluding hydrogens is 280 g/mol. The zero-order chi connectivity index (χ0) is 12.8. The number of hydrogen-bond acceptors (Lipinski definition) is 3. The van der Waals surface area contributed by atoms with Crippen LogP contribution in [0.4, 0.5) is 5.69 Å². The Morgan fingerprint density at radius 1 is 1.47 bits per heavy atom. The van der Waals surface area contributed by atoms with Gasteiger partial charge in [-0.3, -0.25) is 0 Å². The molecule has 2 N–H and O–H groups in total. The maximum atomic E-state index is 9.30. The molecule has 0 heterocycles. The van der Waals surface area contributed by atoms with Gasteiger partial charge in [-0.15, -0.1) is 0 Å². The van der Waals surface area contributed by atoms with Gasteiger partial charge in [0.05, 0.1) is 18.2 Å². The Morgan fingerprint density at radius 3 is 2.65 bits per heavy atom. The maximum Gasteiger partial charge on any atom is 0.0992 e. The molecule has 0 amide bonds. The van der Waals surface area contributed by atoms with Crippen LogP contribution in [0.15, 0.2) is 22.7 Å². The van der Waals surface area contributed by atoms with E-state index in [1.165, 1.54) is 0 Å². The van der Waals surface area contributed by atoms with Crippen molar-refractivity contribution in [3.63, 3.8) is 0 Å². The maximum absolute atomic E-state index is 9.30. The van der Waals surface area contributed by atoms with Crippen LogP contribution in [0.5, 0.6) is 0 Å². The molecule has 1 aromatic carbocycles. The number of benzene rings is 1. The highest BCUT2D eigenvalue weighted by Gasteiger charge is 2.11. The van der Waals surface area contributed by atoms with Gasteiger partial charge in [0.1, 0.15) is 0 Å². The molecule has 0 saturated carbocycles. The standard InChI is InChI=1S/C13H17BrN2O/c1-9(2)5-11(8-17)16-13-4-3-10(7-15)6-12(13)14/h3-4,6,9,11,16-17H,5,8H2,1-2H3. The van der Waals surface area contributed by atoms with Gasteiger partial charge in [-0.25, -0.2) is 0 Å². The Bertz CT molecular complexity index is 412. The van der Waals surface area contributed by atoms with Crippen LogP contribution in [0, 0.1) is 17.2 Å². The Morgan fingerprint density at radius 2 is 2.18 bits per heavy atom. The number of rotatable bonds is 5. The van der Waals surface area contributed by atoms with Crippen LogP contribution in [0.3, 0.4) is 0 Å². The fraction of sp³-hybridized carbons (Fsp3) is 0.462. The molecule has 0 aliphatic carbocycles. The quantitative estimate of drug-likeness (QED) is 0.878. The molecule has 1 atom stereocenters. The van der Waals surface area contributed by atoms with E-state index in [1.807, 2.05) is 6.07 Å². The first kappa shape index (κ1) is 14.0. The second kappa shape index (κ2) is 6.63. The molecule has 0 aliphatic rings. The first-order valence-corrected chi connectivity index (χ1v) is 6.43. The van der Waals surface area contributed by atoms with E-state index in [0.29, 0.717) is 11.5 Å². The molecule has 0 radical (unpaired) electrons. The molecule has 0 saturated heterocycles. The summed E-state index contributed by atoms with van der Waals surface area (Å²) in [6.45, 7) is 4.35. The van der Waals surface area contributed by atoms with E-state index in [-0.39, 0.29) is 12.6 Å². The molecule has 3 nitrogen and oxygen atoms in total. The van der Waals surface area contributed by atoms with Crippen LogP contribution in [0.2, 0.25) is 0 Å². The summed E-state index contributed by atoms with van der Waals surface area (Å²) in [4.78, 5) is 0. The molecule has 1 rings (SSSR count). The Balaban J connectivity index is 2.76. The average molecular weight is 297 g/mol. The van der Waals surface area contributed by atoms with Gasteiger partial charge >= 0.3 is 0 Å². The predicted molar refractivity (Wildman–Crippen MR) is 72.8 cm³/mol. The first-order chi connectivity index (χ1) is 8.06. The van der Waals surface area contributed by atoms with E-state index >= 15 is 0 Å². The Hall–Kier alpha value is -1.05. The van der Waals surface area contributed by atoms with Gasteiger partial charge in [-0.2, -0.15) is 5.26 Å². The van der Waals surface area contributed by atoms with Crippen molar-refractivity contribution in [1.82, 2.24) is 0 Å². The summed E-state index contributed by atoms with van der Waals surface area (Å²) in [6, 6.07) is 7.51. The fourth-order valence-corrected chi connectivity index (χ4v) is 2.16. The topological polar surface area (TPSA) is 56.0 Å². The van der Waals surface area contributed by atoms with Gasteiger partial charge in [0.25, 0.3) is 0 Å². The van der Waals surface area contributed by atoms with E-state index in [1.54, 1.807) is 12.1 Å². The van der Waals surface area contributed by atoms with Crippen molar-refractivity contribution in [3.8, 4) is 6.07 Å². The average Bonchev–Trinajstić information content (AvgIpc) is 2.29. The normalized spacial score (nSPS) is 12.2. The van der Waals surface area contributed by atoms with Gasteiger partial charge in [-0.05, 0) is 46.5 Å². The molecular formula is C13H17BrN2O. The van der Waals surface area contributed by atoms with Gasteiger partial charge in [-0.1, -0.05) is 13.8 Å². The second-order valence-corrected chi connectivity index (χ2v) is 5.31. The fourth-order valence-electron chi connectivity index (χ4n) is 1.67. The smallest absolute Gasteiger partial charge is 0.0992 e. The minimum atomic E-state index is 0.0410. The van der Waals surface area contributed by atoms with Crippen LogP contribution in [0.25, 0.3) is 0 Å². The van der Waals surface area contributed by atoms with Crippen molar-refractivity contribution in [1.29, 1.82) is 5.26 Å². The summed E-state index contributed by atoms with van der Waals surface area (Å²) in [5, 5.41) is 21.3. The van der Waals surface area contributed by atoms with Crippen LogP contribution in [-0.4, -0.2) is 17.8 Å². The highest BCUT2D eigenvalue weighted by Crippen LogP contribution is 2.25. The number of halogens is 1. The number of aliphatic hydroxyl groups is 1. The third-order valence-electron chi connectivity index (χ3n) is 2.43. The van der Waals surface area contributed by atoms with Crippen LogP contribution in [-0.2, 0) is 0 Å². The van der Waals surface area contributed by atoms with Gasteiger partial charge < -0.3 is 10.4 Å². The lowest BCUT2D eigenvalue weighted by Crippen LogP contribution is -2.25. The van der Waals surface area contributed by atoms with Crippen molar-refractivity contribution < 1.29 is 5.11 Å². The lowest BCUT2D eigenvalue weighted by molar-refractivity contribution is 0.259. The van der Waals surface area contributed by atoms with E-state index in [0.717, 1.165) is 16.6 Å². The molecule has 0 spiro atoms. The number of nitrogens with zero attached hydrogens (tertiary/aromatic N) is 1. The molecule has 0 fully saturated rings. The second-order valence-electron chi connectivity index (χ2n) is 4.46. The summed E-state index contributed by atoms with van der Waals surface area (Å²) in [5.74, 6) is 0.525. The largest absolute Gasteiger partial charge is 0.394 e. The van der Waals surface area contributed by atoms with E-state index in [9.17, 15) is 5.11 Å². The molecule has 92 valence electrons. The molecule has 0 aliphatic heterocycles. The zero-order valence-electron chi connectivity index (χ0n) is 10.1. The molecule has 1 aromatic rings. The van der Waals surface area contributed by atoms with Crippen LogP contribution >= 0.6 is 15.9 Å². The predicted octanol–water partition coefficient (Wildman–Crippen LogP) is 3.14. The SMILES string of the molecule is CC(C)CC(CO)Nc1ccc(C#N)cc1Br. The summed E-state index contributed by atoms with van der Waals surface area (Å²) >= 11 is 3.42. The molecule has 1 unspecified atom stereocenters. The van der Waals surface area contributed by atoms with Crippen molar-refractivity contribution in [2.75, 3.05) is 11.9 Å². The minimum Gasteiger partial charge on any atom is -0.394 e. The lowest BCUT2D eigenvalue weighted by Gasteiger charge is -2.20. The van der Waals surface area contributed by atoms with Gasteiger partial charge in [0.2, 0.25) is 0 Å². The summed E-state index contributed by atoms with van der Waals surface area (Å²) in [5.41, 5.74) is 1.52. The highest BCUT2D eigenvalue weighted by molar-refractivity contribution is 9.10. The van der Waals surface area contributed by atoms with E-state index < -0.39 is 0 Å². The first-order valence-electron chi connectivity index (χ1n) is 5.63. The van der Waals surface area contributed by atoms with Gasteiger partial charge in [0.15, 0.2) is 0 Å². The van der Waals surface area contributed by atoms with Crippen molar-refractivity contribution in [2.45, 2.75) is 26.3 Å². The van der Waals surface area contributed by atoms with Crippen molar-refractivity contribution in [3.05, 3.63) is 28.2 Å². The number of nitrogens with one attached hydrogen (secondary N) is 1. The van der Waals surface area contributed by atoms with Crippen molar-refractivity contribution >= 4 is 21.6 Å². The molecule has 4 heteroatoms. The third kappa shape index (κ3) is 4.37. The monoisotopic (exact) mass is 296 g/mol. The van der Waals surface area contributed by atoms with Crippen molar-refractivity contribution in [2.24, 2.45) is 5.92 Å². The van der Waals surface area contributed by atoms with Gasteiger partial charge in [0, 0.05) is 16.2 Å². The van der Waals surface area contributed by atoms with E-state index in [4.69, 9.17) is 5.26 Å². The lowest BCUT2D eigenvalue weighted by atomic mass is 10.0. The number of aliphatic hydroxyl groups excluding tert-OH is 1. The van der Waals surface area contributed by atoms with Crippen LogP contribution in [0.1, 0.15) is 25.8 Å². The Labute approximate surface area is 111 Å². The zero-order valence-corrected chi connectivity index (χ0v) is 11.7. The highest BCUT2D eigenvalue weighted by atomic mass is 79.9. The number of hydrogen-bond donors (Lipinski definition) is 2. The number of nitriles is 1. The minimum absolute atomic E-state index is 0.0410.